The van der Waals surface area contributed by atoms with E-state index in [9.17, 15) is 22.8 Å². The van der Waals surface area contributed by atoms with E-state index in [0.717, 1.165) is 5.56 Å². The van der Waals surface area contributed by atoms with Gasteiger partial charge in [-0.25, -0.2) is 22.7 Å². The lowest BCUT2D eigenvalue weighted by molar-refractivity contribution is -0.148. The highest BCUT2D eigenvalue weighted by Gasteiger charge is 2.31. The van der Waals surface area contributed by atoms with Crippen LogP contribution in [0.2, 0.25) is 0 Å². The number of sulfonamides is 1. The van der Waals surface area contributed by atoms with Gasteiger partial charge in [-0.3, -0.25) is 4.79 Å². The van der Waals surface area contributed by atoms with Crippen molar-refractivity contribution in [2.45, 2.75) is 51.3 Å². The van der Waals surface area contributed by atoms with Crippen LogP contribution in [0.5, 0.6) is 0 Å². The molecule has 10 heteroatoms. The van der Waals surface area contributed by atoms with Crippen molar-refractivity contribution >= 4 is 27.9 Å². The van der Waals surface area contributed by atoms with Gasteiger partial charge in [-0.15, -0.1) is 0 Å². The Kier molecular flexibility index (Phi) is 9.61. The van der Waals surface area contributed by atoms with Crippen molar-refractivity contribution in [3.05, 3.63) is 66.2 Å². The summed E-state index contributed by atoms with van der Waals surface area (Å²) in [5, 5.41) is 5.00. The first-order valence-corrected chi connectivity index (χ1v) is 12.4. The molecule has 0 heterocycles. The molecule has 0 saturated carbocycles. The maximum atomic E-state index is 12.7. The molecule has 0 spiro atoms. The fourth-order valence-corrected chi connectivity index (χ4v) is 4.05. The molecule has 0 saturated heterocycles. The van der Waals surface area contributed by atoms with Gasteiger partial charge in [-0.05, 0) is 29.5 Å². The molecule has 0 aliphatic heterocycles. The van der Waals surface area contributed by atoms with Crippen LogP contribution < -0.4 is 15.4 Å². The Labute approximate surface area is 200 Å². The molecule has 9 nitrogen and oxygen atoms in total. The summed E-state index contributed by atoms with van der Waals surface area (Å²) >= 11 is 0. The Balaban J connectivity index is 2.02. The lowest BCUT2D eigenvalue weighted by Gasteiger charge is -2.25. The standard InChI is InChI=1S/C24H31N3O6S/c1-16(2)20(22(28)27-34(31,32)19-13-9-6-10-14-19)25-24(30)26-21(17(3)4)23(29)33-15-18-11-7-5-8-12-18/h5-14,16-17,20-21H,15H2,1-4H3,(H,27,28)(H2,25,26,30)/t20-,21-/m0/s1. The highest BCUT2D eigenvalue weighted by atomic mass is 32.2. The van der Waals surface area contributed by atoms with Gasteiger partial charge in [0.1, 0.15) is 18.7 Å². The van der Waals surface area contributed by atoms with Crippen LogP contribution in [0, 0.1) is 11.8 Å². The number of hydrogen-bond acceptors (Lipinski definition) is 6. The van der Waals surface area contributed by atoms with Crippen molar-refractivity contribution in [2.24, 2.45) is 11.8 Å². The van der Waals surface area contributed by atoms with E-state index in [2.05, 4.69) is 10.6 Å². The summed E-state index contributed by atoms with van der Waals surface area (Å²) in [4.78, 5) is 37.8. The van der Waals surface area contributed by atoms with Crippen molar-refractivity contribution in [1.29, 1.82) is 0 Å². The van der Waals surface area contributed by atoms with Crippen molar-refractivity contribution in [3.63, 3.8) is 0 Å². The number of amides is 3. The predicted molar refractivity (Wildman–Crippen MR) is 127 cm³/mol. The molecule has 0 unspecified atom stereocenters. The molecule has 0 fully saturated rings. The van der Waals surface area contributed by atoms with Crippen molar-refractivity contribution in [3.8, 4) is 0 Å². The van der Waals surface area contributed by atoms with E-state index >= 15 is 0 Å². The van der Waals surface area contributed by atoms with Gasteiger partial charge >= 0.3 is 12.0 Å². The van der Waals surface area contributed by atoms with E-state index in [0.29, 0.717) is 0 Å². The average molecular weight is 490 g/mol. The molecule has 2 aromatic rings. The SMILES string of the molecule is CC(C)[C@H](NC(=O)N[C@H](C(=O)OCc1ccccc1)C(C)C)C(=O)NS(=O)(=O)c1ccccc1. The summed E-state index contributed by atoms with van der Waals surface area (Å²) in [5.41, 5.74) is 0.805. The third-order valence-corrected chi connectivity index (χ3v) is 6.32. The number of nitrogens with one attached hydrogen (secondary N) is 3. The minimum Gasteiger partial charge on any atom is -0.459 e. The Morgan fingerprint density at radius 3 is 1.82 bits per heavy atom. The smallest absolute Gasteiger partial charge is 0.329 e. The first-order valence-electron chi connectivity index (χ1n) is 10.9. The number of benzene rings is 2. The minimum absolute atomic E-state index is 0.0561. The first-order chi connectivity index (χ1) is 16.0. The zero-order chi connectivity index (χ0) is 25.3. The molecule has 0 aliphatic carbocycles. The summed E-state index contributed by atoms with van der Waals surface area (Å²) in [6, 6.07) is 13.6. The molecule has 0 aromatic heterocycles. The van der Waals surface area contributed by atoms with Crippen LogP contribution in [0.15, 0.2) is 65.6 Å². The lowest BCUT2D eigenvalue weighted by Crippen LogP contribution is -2.56. The molecule has 184 valence electrons. The quantitative estimate of drug-likeness (QED) is 0.440. The van der Waals surface area contributed by atoms with Gasteiger partial charge < -0.3 is 15.4 Å². The third kappa shape index (κ3) is 7.87. The second-order valence-electron chi connectivity index (χ2n) is 8.44. The summed E-state index contributed by atoms with van der Waals surface area (Å²) in [5.74, 6) is -2.23. The van der Waals surface area contributed by atoms with Crippen LogP contribution in [0.1, 0.15) is 33.3 Å². The van der Waals surface area contributed by atoms with Gasteiger partial charge in [0.15, 0.2) is 0 Å². The molecule has 3 amide bonds. The average Bonchev–Trinajstić information content (AvgIpc) is 2.80. The first kappa shape index (κ1) is 26.8. The second kappa shape index (κ2) is 12.2. The van der Waals surface area contributed by atoms with E-state index < -0.39 is 45.9 Å². The van der Waals surface area contributed by atoms with Crippen LogP contribution in [-0.4, -0.2) is 38.4 Å². The van der Waals surface area contributed by atoms with E-state index in [1.807, 2.05) is 35.1 Å². The maximum Gasteiger partial charge on any atom is 0.329 e. The number of urea groups is 1. The Hall–Kier alpha value is -3.40. The molecule has 2 aromatic carbocycles. The highest BCUT2D eigenvalue weighted by molar-refractivity contribution is 7.90. The molecule has 0 aliphatic rings. The van der Waals surface area contributed by atoms with E-state index in [1.54, 1.807) is 33.8 Å². The number of ether oxygens (including phenoxy) is 1. The summed E-state index contributed by atoms with van der Waals surface area (Å²) in [7, 11) is -4.10. The Morgan fingerprint density at radius 1 is 0.794 bits per heavy atom. The van der Waals surface area contributed by atoms with Crippen LogP contribution in [-0.2, 0) is 31.0 Å². The molecule has 0 radical (unpaired) electrons. The van der Waals surface area contributed by atoms with Gasteiger partial charge in [-0.2, -0.15) is 0 Å². The number of esters is 1. The summed E-state index contributed by atoms with van der Waals surface area (Å²) < 4.78 is 32.3. The molecular formula is C24H31N3O6S. The van der Waals surface area contributed by atoms with Gasteiger partial charge in [-0.1, -0.05) is 76.2 Å². The normalized spacial score (nSPS) is 13.1. The summed E-state index contributed by atoms with van der Waals surface area (Å²) in [6.45, 7) is 6.86. The van der Waals surface area contributed by atoms with E-state index in [-0.39, 0.29) is 17.4 Å². The number of carbonyl (C=O) groups is 3. The fourth-order valence-electron chi connectivity index (χ4n) is 3.03. The zero-order valence-electron chi connectivity index (χ0n) is 19.6. The molecule has 3 N–H and O–H groups in total. The van der Waals surface area contributed by atoms with Crippen molar-refractivity contribution in [2.75, 3.05) is 0 Å². The van der Waals surface area contributed by atoms with Crippen LogP contribution >= 0.6 is 0 Å². The monoisotopic (exact) mass is 489 g/mol. The molecular weight excluding hydrogens is 458 g/mol. The number of carbonyl (C=O) groups excluding carboxylic acids is 3. The van der Waals surface area contributed by atoms with Crippen molar-refractivity contribution in [1.82, 2.24) is 15.4 Å². The Bertz CT molecular complexity index is 1070. The fraction of sp³-hybridized carbons (Fsp3) is 0.375. The maximum absolute atomic E-state index is 12.7. The van der Waals surface area contributed by atoms with E-state index in [1.165, 1.54) is 24.3 Å². The Morgan fingerprint density at radius 2 is 1.29 bits per heavy atom. The third-order valence-electron chi connectivity index (χ3n) is 4.96. The minimum atomic E-state index is -4.10. The zero-order valence-corrected chi connectivity index (χ0v) is 20.5. The van der Waals surface area contributed by atoms with Crippen LogP contribution in [0.3, 0.4) is 0 Å². The topological polar surface area (TPSA) is 131 Å². The van der Waals surface area contributed by atoms with E-state index in [4.69, 9.17) is 4.74 Å². The molecule has 2 atom stereocenters. The highest BCUT2D eigenvalue weighted by Crippen LogP contribution is 2.11. The largest absolute Gasteiger partial charge is 0.459 e. The van der Waals surface area contributed by atoms with Crippen molar-refractivity contribution < 1.29 is 27.5 Å². The van der Waals surface area contributed by atoms with Gasteiger partial charge in [0.25, 0.3) is 15.9 Å². The van der Waals surface area contributed by atoms with Gasteiger partial charge in [0.05, 0.1) is 4.90 Å². The van der Waals surface area contributed by atoms with Crippen LogP contribution in [0.4, 0.5) is 4.79 Å². The predicted octanol–water partition coefficient (Wildman–Crippen LogP) is 2.58. The van der Waals surface area contributed by atoms with Crippen LogP contribution in [0.25, 0.3) is 0 Å². The number of hydrogen-bond donors (Lipinski definition) is 3. The summed E-state index contributed by atoms with van der Waals surface area (Å²) in [6.07, 6.45) is 0. The second-order valence-corrected chi connectivity index (χ2v) is 10.1. The molecule has 2 rings (SSSR count). The van der Waals surface area contributed by atoms with Gasteiger partial charge in [0.2, 0.25) is 0 Å². The lowest BCUT2D eigenvalue weighted by atomic mass is 10.0. The number of rotatable bonds is 10. The molecule has 34 heavy (non-hydrogen) atoms. The molecule has 0 bridgehead atoms. The van der Waals surface area contributed by atoms with Gasteiger partial charge in [0, 0.05) is 0 Å².